The zero-order chi connectivity index (χ0) is 22.3. The monoisotopic (exact) mass is 431 g/mol. The molecule has 2 heterocycles. The third-order valence-corrected chi connectivity index (χ3v) is 6.06. The molecule has 1 saturated heterocycles. The minimum atomic E-state index is 0.0242. The van der Waals surface area contributed by atoms with E-state index < -0.39 is 0 Å². The molecule has 32 heavy (non-hydrogen) atoms. The topological polar surface area (TPSA) is 75.5 Å². The highest BCUT2D eigenvalue weighted by Gasteiger charge is 2.26. The van der Waals surface area contributed by atoms with E-state index in [-0.39, 0.29) is 18.4 Å². The van der Waals surface area contributed by atoms with Gasteiger partial charge in [0.05, 0.1) is 31.3 Å². The Morgan fingerprint density at radius 2 is 1.84 bits per heavy atom. The van der Waals surface area contributed by atoms with Crippen LogP contribution >= 0.6 is 0 Å². The van der Waals surface area contributed by atoms with Crippen LogP contribution in [0.5, 0.6) is 5.75 Å². The molecule has 1 aliphatic heterocycles. The number of aliphatic hydroxyl groups excluding tert-OH is 1. The smallest absolute Gasteiger partial charge is 0.222 e. The highest BCUT2D eigenvalue weighted by molar-refractivity contribution is 5.76. The number of rotatable bonds is 7. The lowest BCUT2D eigenvalue weighted by Crippen LogP contribution is -2.39. The van der Waals surface area contributed by atoms with Crippen molar-refractivity contribution in [1.29, 1.82) is 0 Å². The molecule has 1 atom stereocenters. The Kier molecular flexibility index (Phi) is 7.12. The number of aryl methyl sites for hydroxylation is 1. The molecule has 166 valence electrons. The van der Waals surface area contributed by atoms with Crippen LogP contribution in [-0.2, 0) is 17.8 Å². The Bertz CT molecular complexity index is 1030. The molecule has 3 aromatic rings. The van der Waals surface area contributed by atoms with E-state index in [9.17, 15) is 9.90 Å². The Morgan fingerprint density at radius 1 is 1.09 bits per heavy atom. The van der Waals surface area contributed by atoms with Gasteiger partial charge in [-0.2, -0.15) is 0 Å². The van der Waals surface area contributed by atoms with Crippen molar-refractivity contribution in [3.63, 3.8) is 0 Å². The quantitative estimate of drug-likeness (QED) is 0.612. The maximum atomic E-state index is 12.9. The second-order valence-electron chi connectivity index (χ2n) is 8.21. The lowest BCUT2D eigenvalue weighted by Gasteiger charge is -2.32. The van der Waals surface area contributed by atoms with Crippen LogP contribution in [0.15, 0.2) is 60.9 Å². The number of aliphatic hydroxyl groups is 1. The second kappa shape index (κ2) is 10.4. The average Bonchev–Trinajstić information content (AvgIpc) is 2.87. The molecule has 1 amide bonds. The molecule has 0 radical (unpaired) electrons. The van der Waals surface area contributed by atoms with E-state index in [4.69, 9.17) is 9.72 Å². The van der Waals surface area contributed by atoms with Crippen LogP contribution in [0.1, 0.15) is 42.0 Å². The minimum absolute atomic E-state index is 0.0242. The number of methoxy groups -OCH3 is 1. The highest BCUT2D eigenvalue weighted by Crippen LogP contribution is 2.27. The fraction of sp³-hybridized carbons (Fsp3) is 0.346. The van der Waals surface area contributed by atoms with E-state index in [1.807, 2.05) is 59.6 Å². The lowest BCUT2D eigenvalue weighted by atomic mass is 9.94. The van der Waals surface area contributed by atoms with Crippen molar-refractivity contribution in [3.05, 3.63) is 77.7 Å². The fourth-order valence-electron chi connectivity index (χ4n) is 4.14. The Labute approximate surface area is 188 Å². The number of hydrogen-bond acceptors (Lipinski definition) is 5. The number of aromatic nitrogens is 2. The Hall–Kier alpha value is -3.25. The summed E-state index contributed by atoms with van der Waals surface area (Å²) < 4.78 is 5.19. The first-order valence-corrected chi connectivity index (χ1v) is 11.1. The highest BCUT2D eigenvalue weighted by atomic mass is 16.5. The minimum Gasteiger partial charge on any atom is -0.497 e. The Morgan fingerprint density at radius 3 is 2.56 bits per heavy atom. The molecule has 0 unspecified atom stereocenters. The van der Waals surface area contributed by atoms with Crippen molar-refractivity contribution in [1.82, 2.24) is 14.9 Å². The molecule has 1 aromatic heterocycles. The summed E-state index contributed by atoms with van der Waals surface area (Å²) in [6.45, 7) is 1.51. The van der Waals surface area contributed by atoms with Gasteiger partial charge in [-0.1, -0.05) is 36.4 Å². The third-order valence-electron chi connectivity index (χ3n) is 6.06. The zero-order valence-electron chi connectivity index (χ0n) is 18.4. The van der Waals surface area contributed by atoms with Gasteiger partial charge >= 0.3 is 0 Å². The number of carbonyl (C=O) groups excluding carboxylic acids is 1. The summed E-state index contributed by atoms with van der Waals surface area (Å²) in [7, 11) is 1.65. The summed E-state index contributed by atoms with van der Waals surface area (Å²) >= 11 is 0. The molecule has 1 N–H and O–H groups in total. The molecule has 0 saturated carbocycles. The lowest BCUT2D eigenvalue weighted by molar-refractivity contribution is -0.132. The van der Waals surface area contributed by atoms with E-state index in [2.05, 4.69) is 4.98 Å². The predicted molar refractivity (Wildman–Crippen MR) is 123 cm³/mol. The standard InChI is InChI=1S/C26H29N3O3/c1-32-23-11-6-19(7-12-23)8-13-26(31)29-14-2-3-22(17-29)25-16-27-15-24(28-25)21-9-4-20(18-30)5-10-21/h4-7,9-12,15-16,22,30H,2-3,8,13-14,17-18H2,1H3/t22-/m1/s1. The number of hydrogen-bond donors (Lipinski definition) is 1. The maximum Gasteiger partial charge on any atom is 0.222 e. The van der Waals surface area contributed by atoms with E-state index in [1.165, 1.54) is 0 Å². The third kappa shape index (κ3) is 5.32. The van der Waals surface area contributed by atoms with Crippen molar-refractivity contribution >= 4 is 5.91 Å². The number of amides is 1. The number of ether oxygens (including phenoxy) is 1. The second-order valence-corrected chi connectivity index (χ2v) is 8.21. The van der Waals surface area contributed by atoms with Crippen molar-refractivity contribution in [2.24, 2.45) is 0 Å². The van der Waals surface area contributed by atoms with Crippen LogP contribution in [0.3, 0.4) is 0 Å². The molecule has 0 aliphatic carbocycles. The van der Waals surface area contributed by atoms with Gasteiger partial charge in [-0.25, -0.2) is 4.98 Å². The number of carbonyl (C=O) groups is 1. The van der Waals surface area contributed by atoms with E-state index in [0.29, 0.717) is 13.0 Å². The molecule has 2 aromatic carbocycles. The molecule has 0 bridgehead atoms. The van der Waals surface area contributed by atoms with Gasteiger partial charge < -0.3 is 14.7 Å². The van der Waals surface area contributed by atoms with Crippen LogP contribution in [0.2, 0.25) is 0 Å². The van der Waals surface area contributed by atoms with Gasteiger partial charge in [0.15, 0.2) is 0 Å². The van der Waals surface area contributed by atoms with Gasteiger partial charge in [-0.05, 0) is 42.5 Å². The van der Waals surface area contributed by atoms with Crippen molar-refractivity contribution in [2.75, 3.05) is 20.2 Å². The van der Waals surface area contributed by atoms with Gasteiger partial charge in [0.1, 0.15) is 5.75 Å². The van der Waals surface area contributed by atoms with Gasteiger partial charge in [-0.15, -0.1) is 0 Å². The number of nitrogens with zero attached hydrogens (tertiary/aromatic N) is 3. The van der Waals surface area contributed by atoms with Gasteiger partial charge in [0, 0.05) is 37.2 Å². The van der Waals surface area contributed by atoms with Crippen molar-refractivity contribution in [3.8, 4) is 17.0 Å². The molecule has 0 spiro atoms. The normalized spacial score (nSPS) is 16.1. The summed E-state index contributed by atoms with van der Waals surface area (Å²) in [4.78, 5) is 24.1. The van der Waals surface area contributed by atoms with Crippen LogP contribution < -0.4 is 4.74 Å². The maximum absolute atomic E-state index is 12.9. The average molecular weight is 432 g/mol. The fourth-order valence-corrected chi connectivity index (χ4v) is 4.14. The van der Waals surface area contributed by atoms with Crippen LogP contribution in [-0.4, -0.2) is 46.1 Å². The summed E-state index contributed by atoms with van der Waals surface area (Å²) in [5.74, 6) is 1.21. The van der Waals surface area contributed by atoms with E-state index in [0.717, 1.165) is 59.6 Å². The van der Waals surface area contributed by atoms with E-state index in [1.54, 1.807) is 13.3 Å². The molecule has 6 nitrogen and oxygen atoms in total. The summed E-state index contributed by atoms with van der Waals surface area (Å²) in [6, 6.07) is 15.6. The van der Waals surface area contributed by atoms with Gasteiger partial charge in [0.25, 0.3) is 0 Å². The van der Waals surface area contributed by atoms with Crippen LogP contribution in [0.4, 0.5) is 0 Å². The first-order chi connectivity index (χ1) is 15.7. The first-order valence-electron chi connectivity index (χ1n) is 11.1. The summed E-state index contributed by atoms with van der Waals surface area (Å²) in [5.41, 5.74) is 4.73. The molecular weight excluding hydrogens is 402 g/mol. The Balaban J connectivity index is 1.39. The number of likely N-dealkylation sites (tertiary alicyclic amines) is 1. The van der Waals surface area contributed by atoms with Crippen LogP contribution in [0.25, 0.3) is 11.3 Å². The van der Waals surface area contributed by atoms with Crippen LogP contribution in [0, 0.1) is 0 Å². The summed E-state index contributed by atoms with van der Waals surface area (Å²) in [6.07, 6.45) is 6.78. The summed E-state index contributed by atoms with van der Waals surface area (Å²) in [5, 5.41) is 9.24. The largest absolute Gasteiger partial charge is 0.497 e. The zero-order valence-corrected chi connectivity index (χ0v) is 18.4. The molecule has 1 aliphatic rings. The molecule has 4 rings (SSSR count). The first kappa shape index (κ1) is 22.0. The van der Waals surface area contributed by atoms with Crippen molar-refractivity contribution in [2.45, 2.75) is 38.2 Å². The molecule has 1 fully saturated rings. The molecule has 6 heteroatoms. The van der Waals surface area contributed by atoms with E-state index >= 15 is 0 Å². The van der Waals surface area contributed by atoms with Crippen molar-refractivity contribution < 1.29 is 14.6 Å². The predicted octanol–water partition coefficient (Wildman–Crippen LogP) is 3.98. The van der Waals surface area contributed by atoms with Gasteiger partial charge in [0.2, 0.25) is 5.91 Å². The SMILES string of the molecule is COc1ccc(CCC(=O)N2CCC[C@@H](c3cncc(-c4ccc(CO)cc4)n3)C2)cc1. The van der Waals surface area contributed by atoms with Gasteiger partial charge in [-0.3, -0.25) is 9.78 Å². The number of piperidine rings is 1. The molecular formula is C26H29N3O3. The number of benzene rings is 2.